The Morgan fingerprint density at radius 3 is 2.77 bits per heavy atom. The zero-order chi connectivity index (χ0) is 18.5. The fourth-order valence-electron chi connectivity index (χ4n) is 3.03. The van der Waals surface area contributed by atoms with Gasteiger partial charge in [0.05, 0.1) is 11.0 Å². The van der Waals surface area contributed by atoms with Crippen LogP contribution in [0.2, 0.25) is 0 Å². The molecule has 2 aromatic heterocycles. The van der Waals surface area contributed by atoms with Crippen LogP contribution in [0.5, 0.6) is 0 Å². The number of hydrogen-bond donors (Lipinski definition) is 2. The van der Waals surface area contributed by atoms with Crippen molar-refractivity contribution in [1.82, 2.24) is 24.9 Å². The monoisotopic (exact) mass is 354 g/mol. The molecule has 0 aliphatic heterocycles. The Labute approximate surface area is 153 Å². The minimum Gasteiger partial charge on any atom is -0.367 e. The minimum atomic E-state index is 0.129. The first kappa shape index (κ1) is 18.1. The predicted molar refractivity (Wildman–Crippen MR) is 103 cm³/mol. The number of hydrogen-bond acceptors (Lipinski definition) is 5. The van der Waals surface area contributed by atoms with Gasteiger partial charge < -0.3 is 10.6 Å². The Hall–Kier alpha value is -2.70. The Morgan fingerprint density at radius 2 is 1.96 bits per heavy atom. The standard InChI is InChI=1S/C19H26N6O/c1-13(2)21-17(26)11-5-4-8-12-20-18-19-24-23-14(3)25(19)16-10-7-6-9-15(16)22-18/h6-7,9-10,13H,4-5,8,11-12H2,1-3H3,(H,20,22)(H,21,26). The van der Waals surface area contributed by atoms with Gasteiger partial charge in [0.2, 0.25) is 11.6 Å². The molecule has 0 fully saturated rings. The van der Waals surface area contributed by atoms with Crippen LogP contribution in [0.25, 0.3) is 16.7 Å². The second-order valence-corrected chi connectivity index (χ2v) is 6.82. The lowest BCUT2D eigenvalue weighted by molar-refractivity contribution is -0.121. The second kappa shape index (κ2) is 8.12. The zero-order valence-corrected chi connectivity index (χ0v) is 15.6. The van der Waals surface area contributed by atoms with Gasteiger partial charge in [-0.2, -0.15) is 0 Å². The normalized spacial score (nSPS) is 11.4. The number of carbonyl (C=O) groups excluding carboxylic acids is 1. The molecule has 0 aliphatic carbocycles. The van der Waals surface area contributed by atoms with Gasteiger partial charge in [-0.15, -0.1) is 10.2 Å². The quantitative estimate of drug-likeness (QED) is 0.607. The molecule has 3 aromatic rings. The number of aromatic nitrogens is 4. The summed E-state index contributed by atoms with van der Waals surface area (Å²) in [5, 5.41) is 14.8. The minimum absolute atomic E-state index is 0.129. The number of fused-ring (bicyclic) bond motifs is 3. The van der Waals surface area contributed by atoms with Crippen LogP contribution in [0.1, 0.15) is 45.4 Å². The highest BCUT2D eigenvalue weighted by Gasteiger charge is 2.12. The Kier molecular flexibility index (Phi) is 5.65. The molecular weight excluding hydrogens is 328 g/mol. The molecule has 1 amide bonds. The first-order valence-electron chi connectivity index (χ1n) is 9.20. The third-order valence-corrected chi connectivity index (χ3v) is 4.21. The van der Waals surface area contributed by atoms with Crippen LogP contribution < -0.4 is 10.6 Å². The van der Waals surface area contributed by atoms with Gasteiger partial charge >= 0.3 is 0 Å². The highest BCUT2D eigenvalue weighted by atomic mass is 16.1. The van der Waals surface area contributed by atoms with Gasteiger partial charge in [0.25, 0.3) is 0 Å². The number of anilines is 1. The predicted octanol–water partition coefficient (Wildman–Crippen LogP) is 3.08. The Bertz CT molecular complexity index is 902. The molecule has 0 bridgehead atoms. The molecule has 2 N–H and O–H groups in total. The average molecular weight is 354 g/mol. The van der Waals surface area contributed by atoms with Crippen LogP contribution in [0, 0.1) is 6.92 Å². The number of rotatable bonds is 8. The summed E-state index contributed by atoms with van der Waals surface area (Å²) in [7, 11) is 0. The highest BCUT2D eigenvalue weighted by Crippen LogP contribution is 2.21. The number of amides is 1. The molecule has 138 valence electrons. The number of nitrogens with one attached hydrogen (secondary N) is 2. The van der Waals surface area contributed by atoms with E-state index in [1.54, 1.807) is 0 Å². The van der Waals surface area contributed by atoms with Crippen molar-refractivity contribution in [2.75, 3.05) is 11.9 Å². The number of carbonyl (C=O) groups is 1. The molecule has 7 heteroatoms. The van der Waals surface area contributed by atoms with E-state index >= 15 is 0 Å². The molecule has 0 atom stereocenters. The SMILES string of the molecule is Cc1nnc2c(NCCCCCC(=O)NC(C)C)nc3ccccc3n12. The van der Waals surface area contributed by atoms with E-state index < -0.39 is 0 Å². The zero-order valence-electron chi connectivity index (χ0n) is 15.6. The van der Waals surface area contributed by atoms with E-state index in [9.17, 15) is 4.79 Å². The van der Waals surface area contributed by atoms with Gasteiger partial charge in [0.15, 0.2) is 5.82 Å². The van der Waals surface area contributed by atoms with Crippen molar-refractivity contribution < 1.29 is 4.79 Å². The number of benzene rings is 1. The summed E-state index contributed by atoms with van der Waals surface area (Å²) < 4.78 is 2.03. The van der Waals surface area contributed by atoms with Crippen LogP contribution in [0.4, 0.5) is 5.82 Å². The van der Waals surface area contributed by atoms with E-state index in [0.717, 1.165) is 54.1 Å². The summed E-state index contributed by atoms with van der Waals surface area (Å²) in [6.45, 7) is 6.69. The van der Waals surface area contributed by atoms with Crippen molar-refractivity contribution in [3.63, 3.8) is 0 Å². The maximum Gasteiger partial charge on any atom is 0.220 e. The number of nitrogens with zero attached hydrogens (tertiary/aromatic N) is 4. The molecule has 0 unspecified atom stereocenters. The van der Waals surface area contributed by atoms with Gasteiger partial charge in [-0.1, -0.05) is 18.6 Å². The van der Waals surface area contributed by atoms with Crippen LogP contribution in [0.15, 0.2) is 24.3 Å². The molecular formula is C19H26N6O. The fraction of sp³-hybridized carbons (Fsp3) is 0.474. The van der Waals surface area contributed by atoms with Gasteiger partial charge in [-0.3, -0.25) is 9.20 Å². The topological polar surface area (TPSA) is 84.2 Å². The molecule has 3 rings (SSSR count). The lowest BCUT2D eigenvalue weighted by Gasteiger charge is -2.10. The summed E-state index contributed by atoms with van der Waals surface area (Å²) in [4.78, 5) is 16.3. The van der Waals surface area contributed by atoms with E-state index in [1.807, 2.05) is 49.4 Å². The average Bonchev–Trinajstić information content (AvgIpc) is 2.99. The number of unbranched alkanes of at least 4 members (excludes halogenated alkanes) is 2. The lowest BCUT2D eigenvalue weighted by atomic mass is 10.2. The summed E-state index contributed by atoms with van der Waals surface area (Å²) in [5.41, 5.74) is 2.67. The number of para-hydroxylation sites is 2. The first-order chi connectivity index (χ1) is 12.6. The smallest absolute Gasteiger partial charge is 0.220 e. The maximum atomic E-state index is 11.6. The maximum absolute atomic E-state index is 11.6. The highest BCUT2D eigenvalue weighted by molar-refractivity contribution is 5.82. The van der Waals surface area contributed by atoms with Crippen molar-refractivity contribution in [3.8, 4) is 0 Å². The van der Waals surface area contributed by atoms with Gasteiger partial charge in [0.1, 0.15) is 5.82 Å². The van der Waals surface area contributed by atoms with Crippen LogP contribution in [0.3, 0.4) is 0 Å². The van der Waals surface area contributed by atoms with Crippen LogP contribution in [-0.4, -0.2) is 38.1 Å². The Balaban J connectivity index is 1.58. The molecule has 0 saturated carbocycles. The fourth-order valence-corrected chi connectivity index (χ4v) is 3.03. The molecule has 1 aromatic carbocycles. The molecule has 0 radical (unpaired) electrons. The lowest BCUT2D eigenvalue weighted by Crippen LogP contribution is -2.29. The van der Waals surface area contributed by atoms with E-state index in [1.165, 1.54) is 0 Å². The molecule has 7 nitrogen and oxygen atoms in total. The van der Waals surface area contributed by atoms with Crippen molar-refractivity contribution in [2.45, 2.75) is 52.5 Å². The molecule has 26 heavy (non-hydrogen) atoms. The van der Waals surface area contributed by atoms with E-state index in [0.29, 0.717) is 6.42 Å². The van der Waals surface area contributed by atoms with Gasteiger partial charge in [-0.05, 0) is 45.7 Å². The largest absolute Gasteiger partial charge is 0.367 e. The summed E-state index contributed by atoms with van der Waals surface area (Å²) >= 11 is 0. The molecule has 0 spiro atoms. The number of aryl methyl sites for hydroxylation is 1. The van der Waals surface area contributed by atoms with Crippen LogP contribution >= 0.6 is 0 Å². The molecule has 2 heterocycles. The first-order valence-corrected chi connectivity index (χ1v) is 9.20. The van der Waals surface area contributed by atoms with E-state index in [2.05, 4.69) is 20.8 Å². The van der Waals surface area contributed by atoms with Crippen molar-refractivity contribution in [2.24, 2.45) is 0 Å². The third kappa shape index (κ3) is 4.09. The summed E-state index contributed by atoms with van der Waals surface area (Å²) in [6, 6.07) is 8.19. The van der Waals surface area contributed by atoms with Crippen molar-refractivity contribution in [3.05, 3.63) is 30.1 Å². The molecule has 0 saturated heterocycles. The van der Waals surface area contributed by atoms with Crippen molar-refractivity contribution in [1.29, 1.82) is 0 Å². The third-order valence-electron chi connectivity index (χ3n) is 4.21. The van der Waals surface area contributed by atoms with E-state index in [4.69, 9.17) is 4.98 Å². The van der Waals surface area contributed by atoms with Crippen LogP contribution in [-0.2, 0) is 4.79 Å². The van der Waals surface area contributed by atoms with Gasteiger partial charge in [-0.25, -0.2) is 4.98 Å². The summed E-state index contributed by atoms with van der Waals surface area (Å²) in [6.07, 6.45) is 3.45. The summed E-state index contributed by atoms with van der Waals surface area (Å²) in [5.74, 6) is 1.73. The second-order valence-electron chi connectivity index (χ2n) is 6.82. The van der Waals surface area contributed by atoms with E-state index in [-0.39, 0.29) is 11.9 Å². The Morgan fingerprint density at radius 1 is 1.15 bits per heavy atom. The molecule has 0 aliphatic rings. The van der Waals surface area contributed by atoms with Crippen molar-refractivity contribution >= 4 is 28.4 Å². The van der Waals surface area contributed by atoms with Gasteiger partial charge in [0, 0.05) is 19.0 Å².